The van der Waals surface area contributed by atoms with E-state index >= 15 is 0 Å². The Hall–Kier alpha value is -1.76. The summed E-state index contributed by atoms with van der Waals surface area (Å²) in [5, 5.41) is 6.57. The van der Waals surface area contributed by atoms with Gasteiger partial charge in [0.25, 0.3) is 0 Å². The van der Waals surface area contributed by atoms with Gasteiger partial charge in [0, 0.05) is 25.0 Å². The van der Waals surface area contributed by atoms with Gasteiger partial charge in [0.1, 0.15) is 5.70 Å². The molecule has 1 aliphatic heterocycles. The monoisotopic (exact) mass is 290 g/mol. The van der Waals surface area contributed by atoms with Crippen LogP contribution in [0.25, 0.3) is 0 Å². The molecule has 4 N–H and O–H groups in total. The third-order valence-corrected chi connectivity index (χ3v) is 3.29. The fourth-order valence-corrected chi connectivity index (χ4v) is 2.03. The second-order valence-corrected chi connectivity index (χ2v) is 4.90. The van der Waals surface area contributed by atoms with Crippen LogP contribution in [0.1, 0.15) is 24.8 Å². The van der Waals surface area contributed by atoms with Gasteiger partial charge in [-0.3, -0.25) is 0 Å². The molecule has 1 aromatic rings. The summed E-state index contributed by atoms with van der Waals surface area (Å²) in [4.78, 5) is 0. The molecule has 6 nitrogen and oxygen atoms in total. The van der Waals surface area contributed by atoms with E-state index in [0.717, 1.165) is 37.1 Å². The van der Waals surface area contributed by atoms with Crippen LogP contribution in [0.3, 0.4) is 0 Å². The average molecular weight is 290 g/mol. The predicted molar refractivity (Wildman–Crippen MR) is 80.7 cm³/mol. The summed E-state index contributed by atoms with van der Waals surface area (Å²) in [6.45, 7) is 1.54. The molecule has 1 aromatic carbocycles. The van der Waals surface area contributed by atoms with Crippen LogP contribution in [-0.4, -0.2) is 19.5 Å². The maximum Gasteiger partial charge on any atom is 0.158 e. The fraction of sp³-hybridized carbons (Fsp3) is 0.467. The van der Waals surface area contributed by atoms with Crippen molar-refractivity contribution in [2.45, 2.75) is 32.1 Å². The Bertz CT molecular complexity index is 467. The summed E-state index contributed by atoms with van der Waals surface area (Å²) >= 11 is 0. The third-order valence-electron chi connectivity index (χ3n) is 3.29. The highest BCUT2D eigenvalue weighted by Gasteiger charge is 2.14. The van der Waals surface area contributed by atoms with Crippen molar-refractivity contribution in [3.63, 3.8) is 0 Å². The van der Waals surface area contributed by atoms with Crippen molar-refractivity contribution in [3.8, 4) is 0 Å². The molecule has 21 heavy (non-hydrogen) atoms. The van der Waals surface area contributed by atoms with E-state index in [1.54, 1.807) is 6.20 Å². The highest BCUT2D eigenvalue weighted by Crippen LogP contribution is 2.15. The molecule has 0 saturated carbocycles. The first-order valence-corrected chi connectivity index (χ1v) is 7.17. The molecule has 0 amide bonds. The highest BCUT2D eigenvalue weighted by molar-refractivity contribution is 5.47. The molecule has 1 unspecified atom stereocenters. The Kier molecular flexibility index (Phi) is 6.33. The van der Waals surface area contributed by atoms with Crippen LogP contribution < -0.4 is 11.1 Å². The molecule has 0 spiro atoms. The first-order valence-electron chi connectivity index (χ1n) is 7.17. The lowest BCUT2D eigenvalue weighted by Gasteiger charge is -2.22. The van der Waals surface area contributed by atoms with Crippen LogP contribution in [0.5, 0.6) is 0 Å². The second-order valence-electron chi connectivity index (χ2n) is 4.90. The molecule has 1 saturated heterocycles. The Balaban J connectivity index is 1.82. The van der Waals surface area contributed by atoms with Crippen molar-refractivity contribution >= 4 is 5.69 Å². The number of hydrogen-bond donors (Lipinski definition) is 3. The lowest BCUT2D eigenvalue weighted by Crippen LogP contribution is -2.23. The van der Waals surface area contributed by atoms with E-state index in [4.69, 9.17) is 20.7 Å². The Morgan fingerprint density at radius 2 is 2.24 bits per heavy atom. The Morgan fingerprint density at radius 3 is 2.86 bits per heavy atom. The van der Waals surface area contributed by atoms with Crippen molar-refractivity contribution in [2.24, 2.45) is 10.8 Å². The van der Waals surface area contributed by atoms with Gasteiger partial charge in [-0.05, 0) is 37.0 Å². The molecular formula is C15H22N4O2. The van der Waals surface area contributed by atoms with Gasteiger partial charge in [-0.15, -0.1) is 0 Å². The van der Waals surface area contributed by atoms with Crippen molar-refractivity contribution in [2.75, 3.05) is 18.5 Å². The molecule has 0 bridgehead atoms. The Labute approximate surface area is 124 Å². The second kappa shape index (κ2) is 8.51. The normalized spacial score (nSPS) is 19.3. The fourth-order valence-electron chi connectivity index (χ4n) is 2.03. The summed E-state index contributed by atoms with van der Waals surface area (Å²) in [6.07, 6.45) is 4.61. The topological polar surface area (TPSA) is 92.7 Å². The summed E-state index contributed by atoms with van der Waals surface area (Å²) in [5.41, 5.74) is 15.3. The number of nitrogens with two attached hydrogens (primary N) is 1. The minimum atomic E-state index is -0.173. The number of hydrogen-bond acceptors (Lipinski definition) is 6. The molecule has 2 rings (SSSR count). The molecule has 6 heteroatoms. The lowest BCUT2D eigenvalue weighted by molar-refractivity contribution is -0.157. The molecule has 1 aliphatic rings. The Morgan fingerprint density at radius 1 is 1.43 bits per heavy atom. The number of benzene rings is 1. The number of rotatable bonds is 7. The van der Waals surface area contributed by atoms with Gasteiger partial charge >= 0.3 is 0 Å². The van der Waals surface area contributed by atoms with Crippen molar-refractivity contribution in [1.29, 1.82) is 5.53 Å². The molecule has 1 atom stereocenters. The number of ether oxygens (including phenoxy) is 2. The molecule has 1 fully saturated rings. The summed E-state index contributed by atoms with van der Waals surface area (Å²) in [7, 11) is 0. The SMILES string of the molecule is N=N/C(=C\Nc1ccc(CN)cc1)COC1CCCCO1. The zero-order valence-electron chi connectivity index (χ0n) is 12.0. The number of nitrogens with zero attached hydrogens (tertiary/aromatic N) is 1. The van der Waals surface area contributed by atoms with Gasteiger partial charge < -0.3 is 20.5 Å². The van der Waals surface area contributed by atoms with Gasteiger partial charge in [-0.2, -0.15) is 5.11 Å². The molecule has 1 heterocycles. The van der Waals surface area contributed by atoms with E-state index in [1.165, 1.54) is 0 Å². The third kappa shape index (κ3) is 5.26. The number of anilines is 1. The van der Waals surface area contributed by atoms with Crippen LogP contribution in [0, 0.1) is 5.53 Å². The first-order chi connectivity index (χ1) is 10.3. The van der Waals surface area contributed by atoms with E-state index in [0.29, 0.717) is 12.2 Å². The molecule has 0 radical (unpaired) electrons. The van der Waals surface area contributed by atoms with Gasteiger partial charge in [0.05, 0.1) is 6.61 Å². The molecule has 114 valence electrons. The highest BCUT2D eigenvalue weighted by atomic mass is 16.7. The van der Waals surface area contributed by atoms with Crippen LogP contribution >= 0.6 is 0 Å². The predicted octanol–water partition coefficient (Wildman–Crippen LogP) is 2.97. The minimum Gasteiger partial charge on any atom is -0.360 e. The summed E-state index contributed by atoms with van der Waals surface area (Å²) in [6, 6.07) is 7.79. The average Bonchev–Trinajstić information content (AvgIpc) is 2.56. The largest absolute Gasteiger partial charge is 0.360 e. The minimum absolute atomic E-state index is 0.173. The van der Waals surface area contributed by atoms with E-state index < -0.39 is 0 Å². The summed E-state index contributed by atoms with van der Waals surface area (Å²) < 4.78 is 11.1. The van der Waals surface area contributed by atoms with Gasteiger partial charge in [-0.1, -0.05) is 12.1 Å². The zero-order chi connectivity index (χ0) is 14.9. The van der Waals surface area contributed by atoms with Gasteiger partial charge in [0.2, 0.25) is 0 Å². The van der Waals surface area contributed by atoms with E-state index in [-0.39, 0.29) is 12.9 Å². The lowest BCUT2D eigenvalue weighted by atomic mass is 10.2. The smallest absolute Gasteiger partial charge is 0.158 e. The first kappa shape index (κ1) is 15.6. The quantitative estimate of drug-likeness (QED) is 0.673. The van der Waals surface area contributed by atoms with E-state index in [1.807, 2.05) is 24.3 Å². The van der Waals surface area contributed by atoms with E-state index in [2.05, 4.69) is 10.4 Å². The van der Waals surface area contributed by atoms with Crippen molar-refractivity contribution in [3.05, 3.63) is 41.7 Å². The van der Waals surface area contributed by atoms with Crippen LogP contribution in [0.15, 0.2) is 41.3 Å². The maximum atomic E-state index is 7.19. The van der Waals surface area contributed by atoms with Crippen molar-refractivity contribution < 1.29 is 9.47 Å². The van der Waals surface area contributed by atoms with Crippen LogP contribution in [-0.2, 0) is 16.0 Å². The molecular weight excluding hydrogens is 268 g/mol. The number of nitrogens with one attached hydrogen (secondary N) is 2. The van der Waals surface area contributed by atoms with Crippen LogP contribution in [0.2, 0.25) is 0 Å². The van der Waals surface area contributed by atoms with E-state index in [9.17, 15) is 0 Å². The zero-order valence-corrected chi connectivity index (χ0v) is 12.0. The maximum absolute atomic E-state index is 7.19. The van der Waals surface area contributed by atoms with Gasteiger partial charge in [0.15, 0.2) is 6.29 Å². The molecule has 0 aromatic heterocycles. The van der Waals surface area contributed by atoms with Crippen LogP contribution in [0.4, 0.5) is 5.69 Å². The van der Waals surface area contributed by atoms with Gasteiger partial charge in [-0.25, -0.2) is 5.53 Å². The summed E-state index contributed by atoms with van der Waals surface area (Å²) in [5.74, 6) is 0. The standard InChI is InChI=1S/C15H22N4O2/c16-9-12-4-6-13(7-5-12)18-10-14(19-17)11-21-15-3-1-2-8-20-15/h4-7,10,15,17-18H,1-3,8-9,11,16H2/b14-10-,19-17?. The van der Waals surface area contributed by atoms with Crippen molar-refractivity contribution in [1.82, 2.24) is 0 Å². The molecule has 0 aliphatic carbocycles.